The SMILES string of the molecule is CC12Cc3cnn(-c4ccc(F)cc4)c3C=C1CCC2CC(NC(=O)N1CCN(c2ncccn2)CC1)c1ccccc1. The number of amides is 2. The molecule has 9 heteroatoms. The summed E-state index contributed by atoms with van der Waals surface area (Å²) in [5.41, 5.74) is 5.72. The fourth-order valence-electron chi connectivity index (χ4n) is 7.15. The van der Waals surface area contributed by atoms with E-state index in [1.807, 2.05) is 40.0 Å². The second-order valence-corrected chi connectivity index (χ2v) is 12.1. The molecule has 2 amide bonds. The molecule has 220 valence electrons. The van der Waals surface area contributed by atoms with Crippen LogP contribution in [0.3, 0.4) is 0 Å². The number of piperazine rings is 1. The molecule has 2 aliphatic carbocycles. The van der Waals surface area contributed by atoms with Crippen LogP contribution < -0.4 is 10.2 Å². The standard InChI is InChI=1S/C34H36FN7O/c1-34-22-25-23-38-42(29-12-10-28(35)11-13-29)31(25)21-27(34)9-8-26(34)20-30(24-6-3-2-4-7-24)39-33(43)41-18-16-40(17-19-41)32-36-14-5-15-37-32/h2-7,10-15,21,23,26,30H,8-9,16-20,22H2,1H3,(H,39,43). The van der Waals surface area contributed by atoms with Crippen LogP contribution in [0.5, 0.6) is 0 Å². The Bertz CT molecular complexity index is 1610. The van der Waals surface area contributed by atoms with Crippen molar-refractivity contribution < 1.29 is 9.18 Å². The number of urea groups is 1. The maximum absolute atomic E-state index is 13.6. The van der Waals surface area contributed by atoms with Crippen LogP contribution in [0.1, 0.15) is 49.0 Å². The van der Waals surface area contributed by atoms with E-state index in [4.69, 9.17) is 0 Å². The first kappa shape index (κ1) is 27.3. The van der Waals surface area contributed by atoms with E-state index in [2.05, 4.69) is 50.4 Å². The van der Waals surface area contributed by atoms with Crippen LogP contribution in [0, 0.1) is 17.2 Å². The van der Waals surface area contributed by atoms with Crippen LogP contribution in [0.15, 0.2) is 84.8 Å². The van der Waals surface area contributed by atoms with Crippen LogP contribution >= 0.6 is 0 Å². The van der Waals surface area contributed by atoms with Crippen LogP contribution in [-0.4, -0.2) is 56.9 Å². The number of rotatable bonds is 6. The predicted octanol–water partition coefficient (Wildman–Crippen LogP) is 5.82. The van der Waals surface area contributed by atoms with Gasteiger partial charge in [-0.1, -0.05) is 42.8 Å². The molecule has 0 spiro atoms. The van der Waals surface area contributed by atoms with Gasteiger partial charge in [-0.3, -0.25) is 0 Å². The molecule has 2 aromatic heterocycles. The van der Waals surface area contributed by atoms with Gasteiger partial charge in [0.1, 0.15) is 5.82 Å². The molecule has 0 bridgehead atoms. The molecular weight excluding hydrogens is 541 g/mol. The number of allylic oxidation sites excluding steroid dienone is 1. The van der Waals surface area contributed by atoms with Gasteiger partial charge in [-0.25, -0.2) is 23.8 Å². The smallest absolute Gasteiger partial charge is 0.318 e. The molecule has 2 aromatic carbocycles. The molecule has 3 aliphatic rings. The number of anilines is 1. The van der Waals surface area contributed by atoms with Crippen molar-refractivity contribution in [1.82, 2.24) is 30.0 Å². The highest BCUT2D eigenvalue weighted by molar-refractivity contribution is 5.75. The Kier molecular flexibility index (Phi) is 7.16. The third-order valence-corrected chi connectivity index (χ3v) is 9.64. The van der Waals surface area contributed by atoms with Gasteiger partial charge in [-0.2, -0.15) is 5.10 Å². The number of carbonyl (C=O) groups excluding carboxylic acids is 1. The first-order valence-electron chi connectivity index (χ1n) is 15.1. The number of aromatic nitrogens is 4. The number of hydrogen-bond donors (Lipinski definition) is 1. The summed E-state index contributed by atoms with van der Waals surface area (Å²) >= 11 is 0. The fourth-order valence-corrected chi connectivity index (χ4v) is 7.15. The van der Waals surface area contributed by atoms with Gasteiger partial charge < -0.3 is 15.1 Å². The maximum Gasteiger partial charge on any atom is 0.318 e. The van der Waals surface area contributed by atoms with Crippen LogP contribution in [0.2, 0.25) is 0 Å². The van der Waals surface area contributed by atoms with Gasteiger partial charge in [0.05, 0.1) is 23.6 Å². The number of nitrogens with zero attached hydrogens (tertiary/aromatic N) is 6. The van der Waals surface area contributed by atoms with E-state index in [9.17, 15) is 9.18 Å². The summed E-state index contributed by atoms with van der Waals surface area (Å²) in [5.74, 6) is 0.860. The largest absolute Gasteiger partial charge is 0.337 e. The summed E-state index contributed by atoms with van der Waals surface area (Å²) in [4.78, 5) is 26.4. The summed E-state index contributed by atoms with van der Waals surface area (Å²) in [6.45, 7) is 5.04. The van der Waals surface area contributed by atoms with Crippen molar-refractivity contribution in [2.75, 3.05) is 31.1 Å². The molecule has 1 saturated heterocycles. The number of nitrogens with one attached hydrogen (secondary N) is 1. The van der Waals surface area contributed by atoms with E-state index in [1.54, 1.807) is 24.5 Å². The second kappa shape index (κ2) is 11.3. The maximum atomic E-state index is 13.6. The minimum atomic E-state index is -0.251. The first-order chi connectivity index (χ1) is 21.0. The van der Waals surface area contributed by atoms with Crippen molar-refractivity contribution in [3.8, 4) is 5.69 Å². The van der Waals surface area contributed by atoms with Gasteiger partial charge in [-0.15, -0.1) is 0 Å². The molecule has 2 fully saturated rings. The Morgan fingerprint density at radius 3 is 2.51 bits per heavy atom. The molecule has 43 heavy (non-hydrogen) atoms. The zero-order chi connectivity index (χ0) is 29.4. The monoisotopic (exact) mass is 577 g/mol. The van der Waals surface area contributed by atoms with E-state index in [1.165, 1.54) is 23.3 Å². The normalized spacial score (nSPS) is 22.0. The molecule has 3 heterocycles. The summed E-state index contributed by atoms with van der Waals surface area (Å²) in [5, 5.41) is 8.10. The lowest BCUT2D eigenvalue weighted by molar-refractivity contribution is 0.181. The number of benzene rings is 2. The van der Waals surface area contributed by atoms with E-state index in [0.717, 1.165) is 42.6 Å². The Morgan fingerprint density at radius 2 is 1.77 bits per heavy atom. The van der Waals surface area contributed by atoms with Crippen LogP contribution in [0.4, 0.5) is 15.1 Å². The number of carbonyl (C=O) groups is 1. The fraction of sp³-hybridized carbons (Fsp3) is 0.353. The molecule has 3 atom stereocenters. The Labute approximate surface area is 251 Å². The van der Waals surface area contributed by atoms with Crippen molar-refractivity contribution in [3.63, 3.8) is 0 Å². The van der Waals surface area contributed by atoms with Crippen LogP contribution in [0.25, 0.3) is 11.8 Å². The van der Waals surface area contributed by atoms with E-state index in [-0.39, 0.29) is 23.3 Å². The molecule has 7 rings (SSSR count). The summed E-state index contributed by atoms with van der Waals surface area (Å²) in [6, 6.07) is 18.6. The van der Waals surface area contributed by atoms with Gasteiger partial charge >= 0.3 is 6.03 Å². The summed E-state index contributed by atoms with van der Waals surface area (Å²) in [7, 11) is 0. The molecule has 1 saturated carbocycles. The van der Waals surface area contributed by atoms with Crippen molar-refractivity contribution in [2.24, 2.45) is 11.3 Å². The molecule has 4 aromatic rings. The lowest BCUT2D eigenvalue weighted by Crippen LogP contribution is -2.52. The number of halogens is 1. The molecule has 3 unspecified atom stereocenters. The Hall–Kier alpha value is -4.53. The van der Waals surface area contributed by atoms with Crippen molar-refractivity contribution in [1.29, 1.82) is 0 Å². The van der Waals surface area contributed by atoms with Gasteiger partial charge in [0.2, 0.25) is 5.95 Å². The minimum absolute atomic E-state index is 0.0112. The molecule has 1 aliphatic heterocycles. The number of fused-ring (bicyclic) bond motifs is 2. The first-order valence-corrected chi connectivity index (χ1v) is 15.1. The average molecular weight is 578 g/mol. The number of hydrogen-bond acceptors (Lipinski definition) is 5. The van der Waals surface area contributed by atoms with Crippen molar-refractivity contribution in [2.45, 2.75) is 38.6 Å². The lowest BCUT2D eigenvalue weighted by Gasteiger charge is -2.39. The third kappa shape index (κ3) is 5.28. The zero-order valence-corrected chi connectivity index (χ0v) is 24.4. The van der Waals surface area contributed by atoms with Gasteiger partial charge in [0, 0.05) is 38.6 Å². The highest BCUT2D eigenvalue weighted by Crippen LogP contribution is 2.55. The highest BCUT2D eigenvalue weighted by Gasteiger charge is 2.46. The van der Waals surface area contributed by atoms with Gasteiger partial charge in [0.25, 0.3) is 0 Å². The van der Waals surface area contributed by atoms with Gasteiger partial charge in [-0.05, 0) is 84.6 Å². The van der Waals surface area contributed by atoms with Crippen molar-refractivity contribution >= 4 is 18.1 Å². The summed E-state index contributed by atoms with van der Waals surface area (Å²) in [6.07, 6.45) is 11.6. The Morgan fingerprint density at radius 1 is 1.02 bits per heavy atom. The molecule has 0 radical (unpaired) electrons. The zero-order valence-electron chi connectivity index (χ0n) is 24.4. The van der Waals surface area contributed by atoms with Gasteiger partial charge in [0.15, 0.2) is 0 Å². The van der Waals surface area contributed by atoms with Crippen molar-refractivity contribution in [3.05, 3.63) is 107 Å². The lowest BCUT2D eigenvalue weighted by atomic mass is 9.68. The van der Waals surface area contributed by atoms with E-state index >= 15 is 0 Å². The summed E-state index contributed by atoms with van der Waals surface area (Å²) < 4.78 is 15.5. The molecule has 1 N–H and O–H groups in total. The van der Waals surface area contributed by atoms with E-state index < -0.39 is 0 Å². The average Bonchev–Trinajstić information content (AvgIpc) is 3.59. The van der Waals surface area contributed by atoms with E-state index in [0.29, 0.717) is 38.0 Å². The second-order valence-electron chi connectivity index (χ2n) is 12.1. The molecule has 8 nitrogen and oxygen atoms in total. The quantitative estimate of drug-likeness (QED) is 0.313. The minimum Gasteiger partial charge on any atom is -0.337 e. The highest BCUT2D eigenvalue weighted by atomic mass is 19.1. The third-order valence-electron chi connectivity index (χ3n) is 9.64. The Balaban J connectivity index is 1.07. The predicted molar refractivity (Wildman–Crippen MR) is 164 cm³/mol. The van der Waals surface area contributed by atoms with Crippen LogP contribution in [-0.2, 0) is 6.42 Å². The topological polar surface area (TPSA) is 79.2 Å². The molecular formula is C34H36FN7O.